The van der Waals surface area contributed by atoms with E-state index in [1.54, 1.807) is 0 Å². The molecule has 15 heavy (non-hydrogen) atoms. The first-order chi connectivity index (χ1) is 7.24. The quantitative estimate of drug-likeness (QED) is 0.768. The summed E-state index contributed by atoms with van der Waals surface area (Å²) >= 11 is 0. The minimum atomic E-state index is 0.754. The first-order valence-electron chi connectivity index (χ1n) is 6.67. The zero-order valence-corrected chi connectivity index (χ0v) is 10.5. The van der Waals surface area contributed by atoms with Crippen molar-refractivity contribution in [3.8, 4) is 0 Å². The van der Waals surface area contributed by atoms with Gasteiger partial charge in [-0.2, -0.15) is 0 Å². The summed E-state index contributed by atoms with van der Waals surface area (Å²) in [6.45, 7) is 6.10. The number of hydrogen-bond donors (Lipinski definition) is 1. The molecule has 2 fully saturated rings. The van der Waals surface area contributed by atoms with Crippen LogP contribution in [-0.2, 0) is 0 Å². The molecule has 88 valence electrons. The van der Waals surface area contributed by atoms with Crippen LogP contribution in [0.3, 0.4) is 0 Å². The highest BCUT2D eigenvalue weighted by molar-refractivity contribution is 4.95. The van der Waals surface area contributed by atoms with Crippen molar-refractivity contribution >= 4 is 0 Å². The van der Waals surface area contributed by atoms with E-state index < -0.39 is 0 Å². The third-order valence-corrected chi connectivity index (χ3v) is 4.39. The maximum Gasteiger partial charge on any atom is 0.0252 e. The highest BCUT2D eigenvalue weighted by Crippen LogP contribution is 2.32. The van der Waals surface area contributed by atoms with Crippen LogP contribution < -0.4 is 5.32 Å². The van der Waals surface area contributed by atoms with E-state index in [9.17, 15) is 0 Å². The van der Waals surface area contributed by atoms with Crippen LogP contribution in [0.5, 0.6) is 0 Å². The van der Waals surface area contributed by atoms with Gasteiger partial charge in [-0.25, -0.2) is 0 Å². The fraction of sp³-hybridized carbons (Fsp3) is 1.00. The molecule has 0 radical (unpaired) electrons. The SMILES string of the molecule is CNC1CCCC1N1CCCC1C(C)C. The lowest BCUT2D eigenvalue weighted by molar-refractivity contribution is 0.130. The summed E-state index contributed by atoms with van der Waals surface area (Å²) in [7, 11) is 2.13. The first kappa shape index (κ1) is 11.4. The normalized spacial score (nSPS) is 38.0. The van der Waals surface area contributed by atoms with Gasteiger partial charge in [0, 0.05) is 18.1 Å². The Morgan fingerprint density at radius 3 is 2.60 bits per heavy atom. The molecule has 1 N–H and O–H groups in total. The number of likely N-dealkylation sites (tertiary alicyclic amines) is 1. The minimum Gasteiger partial charge on any atom is -0.315 e. The Balaban J connectivity index is 2.02. The maximum atomic E-state index is 3.51. The Hall–Kier alpha value is -0.0800. The van der Waals surface area contributed by atoms with Crippen molar-refractivity contribution in [1.82, 2.24) is 10.2 Å². The molecule has 0 spiro atoms. The van der Waals surface area contributed by atoms with Crippen LogP contribution >= 0.6 is 0 Å². The highest BCUT2D eigenvalue weighted by atomic mass is 15.2. The number of hydrogen-bond acceptors (Lipinski definition) is 2. The standard InChI is InChI=1S/C13H26N2/c1-10(2)12-8-5-9-15(12)13-7-4-6-11(13)14-3/h10-14H,4-9H2,1-3H3. The third kappa shape index (κ3) is 2.21. The summed E-state index contributed by atoms with van der Waals surface area (Å²) in [4.78, 5) is 2.80. The molecule has 0 amide bonds. The van der Waals surface area contributed by atoms with Crippen LogP contribution in [0, 0.1) is 5.92 Å². The Morgan fingerprint density at radius 1 is 1.13 bits per heavy atom. The van der Waals surface area contributed by atoms with Gasteiger partial charge >= 0.3 is 0 Å². The molecule has 2 aliphatic rings. The van der Waals surface area contributed by atoms with Gasteiger partial charge in [0.2, 0.25) is 0 Å². The highest BCUT2D eigenvalue weighted by Gasteiger charge is 2.38. The lowest BCUT2D eigenvalue weighted by Gasteiger charge is -2.36. The van der Waals surface area contributed by atoms with Crippen LogP contribution in [0.4, 0.5) is 0 Å². The molecule has 1 aliphatic heterocycles. The molecule has 0 aromatic rings. The molecule has 2 rings (SSSR count). The Labute approximate surface area is 94.4 Å². The monoisotopic (exact) mass is 210 g/mol. The van der Waals surface area contributed by atoms with Crippen molar-refractivity contribution in [3.63, 3.8) is 0 Å². The van der Waals surface area contributed by atoms with Crippen LogP contribution in [0.2, 0.25) is 0 Å². The third-order valence-electron chi connectivity index (χ3n) is 4.39. The van der Waals surface area contributed by atoms with E-state index in [-0.39, 0.29) is 0 Å². The molecular formula is C13H26N2. The van der Waals surface area contributed by atoms with E-state index in [1.807, 2.05) is 0 Å². The van der Waals surface area contributed by atoms with Crippen molar-refractivity contribution in [3.05, 3.63) is 0 Å². The average molecular weight is 210 g/mol. The minimum absolute atomic E-state index is 0.754. The second-order valence-electron chi connectivity index (χ2n) is 5.58. The molecular weight excluding hydrogens is 184 g/mol. The molecule has 2 nitrogen and oxygen atoms in total. The predicted molar refractivity (Wildman–Crippen MR) is 65.1 cm³/mol. The van der Waals surface area contributed by atoms with Crippen LogP contribution in [0.1, 0.15) is 46.0 Å². The van der Waals surface area contributed by atoms with E-state index in [4.69, 9.17) is 0 Å². The molecule has 3 unspecified atom stereocenters. The summed E-state index contributed by atoms with van der Waals surface area (Å²) < 4.78 is 0. The Bertz CT molecular complexity index is 203. The van der Waals surface area contributed by atoms with Gasteiger partial charge in [0.05, 0.1) is 0 Å². The van der Waals surface area contributed by atoms with Gasteiger partial charge in [0.1, 0.15) is 0 Å². The Kier molecular flexibility index (Phi) is 3.68. The number of nitrogens with zero attached hydrogens (tertiary/aromatic N) is 1. The van der Waals surface area contributed by atoms with E-state index >= 15 is 0 Å². The van der Waals surface area contributed by atoms with Gasteiger partial charge in [-0.15, -0.1) is 0 Å². The zero-order valence-electron chi connectivity index (χ0n) is 10.5. The van der Waals surface area contributed by atoms with E-state index in [1.165, 1.54) is 38.6 Å². The van der Waals surface area contributed by atoms with Gasteiger partial charge < -0.3 is 5.32 Å². The summed E-state index contributed by atoms with van der Waals surface area (Å²) in [6.07, 6.45) is 7.04. The van der Waals surface area contributed by atoms with Crippen LogP contribution in [0.25, 0.3) is 0 Å². The predicted octanol–water partition coefficient (Wildman–Crippen LogP) is 2.25. The summed E-state index contributed by atoms with van der Waals surface area (Å²) in [5.41, 5.74) is 0. The second-order valence-corrected chi connectivity index (χ2v) is 5.58. The molecule has 1 saturated carbocycles. The summed E-state index contributed by atoms with van der Waals surface area (Å²) in [6, 6.07) is 2.43. The Morgan fingerprint density at radius 2 is 1.93 bits per heavy atom. The molecule has 3 atom stereocenters. The molecule has 1 heterocycles. The van der Waals surface area contributed by atoms with Crippen molar-refractivity contribution in [2.45, 2.75) is 64.1 Å². The summed E-state index contributed by atoms with van der Waals surface area (Å²) in [5, 5.41) is 3.51. The first-order valence-corrected chi connectivity index (χ1v) is 6.67. The zero-order chi connectivity index (χ0) is 10.8. The fourth-order valence-electron chi connectivity index (χ4n) is 3.62. The van der Waals surface area contributed by atoms with E-state index in [0.717, 1.165) is 24.0 Å². The van der Waals surface area contributed by atoms with E-state index in [0.29, 0.717) is 0 Å². The topological polar surface area (TPSA) is 15.3 Å². The number of rotatable bonds is 3. The van der Waals surface area contributed by atoms with Gasteiger partial charge in [-0.1, -0.05) is 20.3 Å². The molecule has 0 aromatic carbocycles. The van der Waals surface area contributed by atoms with Crippen molar-refractivity contribution in [2.24, 2.45) is 5.92 Å². The van der Waals surface area contributed by atoms with Gasteiger partial charge in [0.25, 0.3) is 0 Å². The largest absolute Gasteiger partial charge is 0.315 e. The molecule has 0 bridgehead atoms. The van der Waals surface area contributed by atoms with Crippen LogP contribution in [-0.4, -0.2) is 36.6 Å². The molecule has 1 saturated heterocycles. The summed E-state index contributed by atoms with van der Waals surface area (Å²) in [5.74, 6) is 0.825. The van der Waals surface area contributed by atoms with Crippen molar-refractivity contribution < 1.29 is 0 Å². The maximum absolute atomic E-state index is 3.51. The van der Waals surface area contributed by atoms with Gasteiger partial charge in [-0.3, -0.25) is 4.90 Å². The average Bonchev–Trinajstić information content (AvgIpc) is 2.85. The van der Waals surface area contributed by atoms with Crippen molar-refractivity contribution in [2.75, 3.05) is 13.6 Å². The molecule has 1 aliphatic carbocycles. The number of nitrogens with one attached hydrogen (secondary N) is 1. The lowest BCUT2D eigenvalue weighted by Crippen LogP contribution is -2.49. The fourth-order valence-corrected chi connectivity index (χ4v) is 3.62. The second kappa shape index (κ2) is 4.84. The van der Waals surface area contributed by atoms with Gasteiger partial charge in [0.15, 0.2) is 0 Å². The van der Waals surface area contributed by atoms with Gasteiger partial charge in [-0.05, 0) is 45.2 Å². The molecule has 0 aromatic heterocycles. The van der Waals surface area contributed by atoms with Crippen molar-refractivity contribution in [1.29, 1.82) is 0 Å². The van der Waals surface area contributed by atoms with E-state index in [2.05, 4.69) is 31.1 Å². The lowest BCUT2D eigenvalue weighted by atomic mass is 9.99. The smallest absolute Gasteiger partial charge is 0.0252 e. The number of likely N-dealkylation sites (N-methyl/N-ethyl adjacent to an activating group) is 1. The molecule has 2 heteroatoms. The van der Waals surface area contributed by atoms with Crippen LogP contribution in [0.15, 0.2) is 0 Å².